The van der Waals surface area contributed by atoms with E-state index in [4.69, 9.17) is 0 Å². The van der Waals surface area contributed by atoms with E-state index in [1.54, 1.807) is 18.2 Å². The average molecular weight is 427 g/mol. The first kappa shape index (κ1) is 22.0. The molecule has 0 bridgehead atoms. The van der Waals surface area contributed by atoms with Gasteiger partial charge in [-0.2, -0.15) is 0 Å². The summed E-state index contributed by atoms with van der Waals surface area (Å²) >= 11 is 0. The summed E-state index contributed by atoms with van der Waals surface area (Å²) in [5.74, 6) is -0.411. The van der Waals surface area contributed by atoms with Gasteiger partial charge in [0, 0.05) is 46.0 Å². The number of sulfonamides is 2. The third kappa shape index (κ3) is 5.58. The third-order valence-electron chi connectivity index (χ3n) is 3.80. The van der Waals surface area contributed by atoms with Gasteiger partial charge in [0.1, 0.15) is 4.90 Å². The molecule has 0 aliphatic carbocycles. The van der Waals surface area contributed by atoms with Gasteiger partial charge in [0.2, 0.25) is 26.0 Å². The Bertz CT molecular complexity index is 1020. The van der Waals surface area contributed by atoms with Gasteiger partial charge in [-0.1, -0.05) is 18.2 Å². The van der Waals surface area contributed by atoms with Crippen LogP contribution in [0.5, 0.6) is 0 Å². The Hall–Kier alpha value is -2.34. The van der Waals surface area contributed by atoms with Crippen LogP contribution in [0.1, 0.15) is 12.0 Å². The van der Waals surface area contributed by atoms with E-state index >= 15 is 0 Å². The Balaban J connectivity index is 1.92. The number of carbonyl (C=O) groups is 1. The van der Waals surface area contributed by atoms with Crippen molar-refractivity contribution in [2.75, 3.05) is 20.6 Å². The van der Waals surface area contributed by atoms with Crippen LogP contribution in [-0.4, -0.2) is 52.7 Å². The highest BCUT2D eigenvalue weighted by Crippen LogP contribution is 2.18. The molecule has 1 aromatic carbocycles. The standard InChI is InChI=1S/C17H22N4O5S2/c1-21(2)28(25,26)16-8-4-3-6-14(16)12-19-17(22)9-11-20-27(23,24)15-7-5-10-18-13-15/h3-8,10,13,20H,9,11-12H2,1-2H3,(H,19,22). The Kier molecular flexibility index (Phi) is 7.24. The third-order valence-corrected chi connectivity index (χ3v) is 7.16. The molecule has 28 heavy (non-hydrogen) atoms. The molecule has 9 nitrogen and oxygen atoms in total. The monoisotopic (exact) mass is 426 g/mol. The second kappa shape index (κ2) is 9.24. The van der Waals surface area contributed by atoms with Gasteiger partial charge >= 0.3 is 0 Å². The van der Waals surface area contributed by atoms with Gasteiger partial charge in [-0.15, -0.1) is 0 Å². The fraction of sp³-hybridized carbons (Fsp3) is 0.294. The fourth-order valence-corrected chi connectivity index (χ4v) is 4.38. The molecule has 0 radical (unpaired) electrons. The Morgan fingerprint density at radius 2 is 1.79 bits per heavy atom. The van der Waals surface area contributed by atoms with Crippen LogP contribution in [0, 0.1) is 0 Å². The molecule has 0 saturated carbocycles. The molecule has 0 aliphatic rings. The van der Waals surface area contributed by atoms with Crippen molar-refractivity contribution in [1.29, 1.82) is 0 Å². The van der Waals surface area contributed by atoms with Gasteiger partial charge < -0.3 is 5.32 Å². The lowest BCUT2D eigenvalue weighted by atomic mass is 10.2. The van der Waals surface area contributed by atoms with E-state index in [2.05, 4.69) is 15.0 Å². The summed E-state index contributed by atoms with van der Waals surface area (Å²) in [5, 5.41) is 2.61. The van der Waals surface area contributed by atoms with Crippen LogP contribution < -0.4 is 10.0 Å². The van der Waals surface area contributed by atoms with Crippen LogP contribution in [0.15, 0.2) is 58.6 Å². The largest absolute Gasteiger partial charge is 0.352 e. The van der Waals surface area contributed by atoms with Gasteiger partial charge in [0.15, 0.2) is 0 Å². The zero-order chi connectivity index (χ0) is 20.8. The van der Waals surface area contributed by atoms with Crippen LogP contribution in [-0.2, 0) is 31.4 Å². The van der Waals surface area contributed by atoms with Crippen LogP contribution in [0.25, 0.3) is 0 Å². The van der Waals surface area contributed by atoms with E-state index in [0.717, 1.165) is 4.31 Å². The lowest BCUT2D eigenvalue weighted by Gasteiger charge is -2.15. The van der Waals surface area contributed by atoms with E-state index in [0.29, 0.717) is 5.56 Å². The summed E-state index contributed by atoms with van der Waals surface area (Å²) in [6.45, 7) is -0.0852. The Morgan fingerprint density at radius 1 is 1.07 bits per heavy atom. The second-order valence-corrected chi connectivity index (χ2v) is 9.90. The first-order chi connectivity index (χ1) is 13.1. The molecule has 0 unspecified atom stereocenters. The fourth-order valence-electron chi connectivity index (χ4n) is 2.27. The number of carbonyl (C=O) groups excluding carboxylic acids is 1. The van der Waals surface area contributed by atoms with E-state index in [1.165, 1.54) is 44.7 Å². The number of amides is 1. The molecule has 0 spiro atoms. The summed E-state index contributed by atoms with van der Waals surface area (Å²) in [7, 11) is -4.51. The summed E-state index contributed by atoms with van der Waals surface area (Å²) < 4.78 is 52.2. The number of benzene rings is 1. The molecule has 1 heterocycles. The number of hydrogen-bond acceptors (Lipinski definition) is 6. The zero-order valence-electron chi connectivity index (χ0n) is 15.5. The first-order valence-electron chi connectivity index (χ1n) is 8.31. The molecule has 1 aromatic heterocycles. The molecule has 1 amide bonds. The van der Waals surface area contributed by atoms with Crippen molar-refractivity contribution < 1.29 is 21.6 Å². The van der Waals surface area contributed by atoms with Crippen molar-refractivity contribution in [2.24, 2.45) is 0 Å². The zero-order valence-corrected chi connectivity index (χ0v) is 17.1. The molecule has 2 rings (SSSR count). The van der Waals surface area contributed by atoms with Gasteiger partial charge in [-0.3, -0.25) is 9.78 Å². The quantitative estimate of drug-likeness (QED) is 0.595. The Morgan fingerprint density at radius 3 is 2.43 bits per heavy atom. The molecule has 0 atom stereocenters. The first-order valence-corrected chi connectivity index (χ1v) is 11.2. The summed E-state index contributed by atoms with van der Waals surface area (Å²) in [5.41, 5.74) is 0.445. The molecule has 152 valence electrons. The van der Waals surface area contributed by atoms with Gasteiger partial charge in [-0.05, 0) is 23.8 Å². The summed E-state index contributed by atoms with van der Waals surface area (Å²) in [6, 6.07) is 9.27. The highest BCUT2D eigenvalue weighted by atomic mass is 32.2. The van der Waals surface area contributed by atoms with Crippen molar-refractivity contribution in [1.82, 2.24) is 19.3 Å². The van der Waals surface area contributed by atoms with Gasteiger partial charge in [0.05, 0.1) is 4.90 Å². The lowest BCUT2D eigenvalue weighted by molar-refractivity contribution is -0.121. The molecular formula is C17H22N4O5S2. The van der Waals surface area contributed by atoms with E-state index in [9.17, 15) is 21.6 Å². The van der Waals surface area contributed by atoms with Crippen LogP contribution >= 0.6 is 0 Å². The van der Waals surface area contributed by atoms with Crippen molar-refractivity contribution in [3.63, 3.8) is 0 Å². The van der Waals surface area contributed by atoms with E-state index in [-0.39, 0.29) is 29.3 Å². The summed E-state index contributed by atoms with van der Waals surface area (Å²) in [6.07, 6.45) is 2.58. The smallest absolute Gasteiger partial charge is 0.242 e. The molecule has 0 saturated heterocycles. The predicted octanol–water partition coefficient (Wildman–Crippen LogP) is 0.317. The van der Waals surface area contributed by atoms with Crippen LogP contribution in [0.4, 0.5) is 0 Å². The maximum Gasteiger partial charge on any atom is 0.242 e. The second-order valence-electron chi connectivity index (χ2n) is 6.01. The number of hydrogen-bond donors (Lipinski definition) is 2. The normalized spacial score (nSPS) is 12.1. The van der Waals surface area contributed by atoms with E-state index < -0.39 is 26.0 Å². The number of nitrogens with zero attached hydrogens (tertiary/aromatic N) is 2. The number of nitrogens with one attached hydrogen (secondary N) is 2. The van der Waals surface area contributed by atoms with Crippen molar-refractivity contribution in [2.45, 2.75) is 22.8 Å². The SMILES string of the molecule is CN(C)S(=O)(=O)c1ccccc1CNC(=O)CCNS(=O)(=O)c1cccnc1. The van der Waals surface area contributed by atoms with Crippen molar-refractivity contribution in [3.05, 3.63) is 54.4 Å². The average Bonchev–Trinajstić information content (AvgIpc) is 2.67. The lowest BCUT2D eigenvalue weighted by Crippen LogP contribution is -2.31. The highest BCUT2D eigenvalue weighted by Gasteiger charge is 2.21. The molecule has 2 aromatic rings. The highest BCUT2D eigenvalue weighted by molar-refractivity contribution is 7.89. The minimum atomic E-state index is -3.74. The minimum Gasteiger partial charge on any atom is -0.352 e. The maximum atomic E-state index is 12.3. The Labute approximate surface area is 164 Å². The number of pyridine rings is 1. The topological polar surface area (TPSA) is 126 Å². The van der Waals surface area contributed by atoms with E-state index in [1.807, 2.05) is 0 Å². The minimum absolute atomic E-state index is 0.0113. The van der Waals surface area contributed by atoms with Gasteiger partial charge in [-0.25, -0.2) is 25.9 Å². The maximum absolute atomic E-state index is 12.3. The molecule has 0 fully saturated rings. The number of rotatable bonds is 9. The van der Waals surface area contributed by atoms with Crippen LogP contribution in [0.3, 0.4) is 0 Å². The predicted molar refractivity (Wildman–Crippen MR) is 103 cm³/mol. The number of aromatic nitrogens is 1. The molecule has 0 aliphatic heterocycles. The summed E-state index contributed by atoms with van der Waals surface area (Å²) in [4.78, 5) is 15.9. The van der Waals surface area contributed by atoms with Crippen LogP contribution in [0.2, 0.25) is 0 Å². The van der Waals surface area contributed by atoms with Gasteiger partial charge in [0.25, 0.3) is 0 Å². The molecule has 2 N–H and O–H groups in total. The molecular weight excluding hydrogens is 404 g/mol. The molecule has 11 heteroatoms. The van der Waals surface area contributed by atoms with Crippen molar-refractivity contribution >= 4 is 26.0 Å². The van der Waals surface area contributed by atoms with Crippen molar-refractivity contribution in [3.8, 4) is 0 Å².